The third kappa shape index (κ3) is 5.72. The number of aromatic carboxylic acids is 1. The Labute approximate surface area is 230 Å². The molecule has 198 valence electrons. The number of likely N-dealkylation sites (tertiary alicyclic amines) is 1. The average Bonchev–Trinajstić information content (AvgIpc) is 3.07. The Morgan fingerprint density at radius 1 is 1.03 bits per heavy atom. The minimum atomic E-state index is -0.892. The Hall–Kier alpha value is -2.95. The molecule has 38 heavy (non-hydrogen) atoms. The van der Waals surface area contributed by atoms with Crippen LogP contribution in [0.1, 0.15) is 64.4 Å². The van der Waals surface area contributed by atoms with Crippen molar-refractivity contribution in [3.8, 4) is 0 Å². The van der Waals surface area contributed by atoms with Gasteiger partial charge in [-0.25, -0.2) is 4.79 Å². The summed E-state index contributed by atoms with van der Waals surface area (Å²) >= 11 is 6.25. The van der Waals surface area contributed by atoms with E-state index < -0.39 is 5.97 Å². The number of hydrogen-bond acceptors (Lipinski definition) is 2. The van der Waals surface area contributed by atoms with E-state index in [0.717, 1.165) is 62.0 Å². The topological polar surface area (TPSA) is 40.5 Å². The van der Waals surface area contributed by atoms with Crippen LogP contribution in [0.5, 0.6) is 0 Å². The highest BCUT2D eigenvalue weighted by Crippen LogP contribution is 2.44. The molecule has 3 aromatic carbocycles. The monoisotopic (exact) mass is 531 g/mol. The Balaban J connectivity index is 1.54. The number of carboxylic acids is 1. The number of allylic oxidation sites excluding steroid dienone is 1. The molecule has 0 amide bonds. The summed E-state index contributed by atoms with van der Waals surface area (Å²) in [6, 6.07) is 22.6. The van der Waals surface area contributed by atoms with Crippen LogP contribution in [0.3, 0.4) is 0 Å². The van der Waals surface area contributed by atoms with E-state index in [-0.39, 0.29) is 6.67 Å². The van der Waals surface area contributed by atoms with Crippen LogP contribution in [0, 0.1) is 11.8 Å². The van der Waals surface area contributed by atoms with E-state index in [1.807, 2.05) is 24.3 Å². The van der Waals surface area contributed by atoms with E-state index in [1.54, 1.807) is 6.07 Å². The van der Waals surface area contributed by atoms with E-state index >= 15 is 0 Å². The first-order chi connectivity index (χ1) is 18.5. The fourth-order valence-corrected chi connectivity index (χ4v) is 6.27. The van der Waals surface area contributed by atoms with Crippen molar-refractivity contribution < 1.29 is 14.3 Å². The number of benzene rings is 3. The smallest absolute Gasteiger partial charge is 0.335 e. The van der Waals surface area contributed by atoms with E-state index in [2.05, 4.69) is 48.2 Å². The first kappa shape index (κ1) is 26.6. The predicted octanol–water partition coefficient (Wildman–Crippen LogP) is 7.80. The molecule has 3 aromatic rings. The van der Waals surface area contributed by atoms with Crippen molar-refractivity contribution in [1.29, 1.82) is 0 Å². The van der Waals surface area contributed by atoms with Gasteiger partial charge in [0, 0.05) is 24.7 Å². The fourth-order valence-electron chi connectivity index (χ4n) is 6.14. The zero-order valence-corrected chi connectivity index (χ0v) is 22.7. The second-order valence-electron chi connectivity index (χ2n) is 10.7. The van der Waals surface area contributed by atoms with E-state index in [1.165, 1.54) is 22.3 Å². The zero-order chi connectivity index (χ0) is 26.6. The van der Waals surface area contributed by atoms with E-state index in [0.29, 0.717) is 28.8 Å². The Kier molecular flexibility index (Phi) is 8.30. The van der Waals surface area contributed by atoms with Crippen LogP contribution in [-0.2, 0) is 12.8 Å². The van der Waals surface area contributed by atoms with Gasteiger partial charge in [0.25, 0.3) is 0 Å². The molecule has 1 N–H and O–H groups in total. The molecule has 0 radical (unpaired) electrons. The zero-order valence-electron chi connectivity index (χ0n) is 21.9. The van der Waals surface area contributed by atoms with Gasteiger partial charge in [-0.05, 0) is 107 Å². The minimum absolute atomic E-state index is 0.240. The molecule has 1 atom stereocenters. The van der Waals surface area contributed by atoms with Gasteiger partial charge < -0.3 is 10.0 Å². The predicted molar refractivity (Wildman–Crippen MR) is 154 cm³/mol. The van der Waals surface area contributed by atoms with Crippen LogP contribution >= 0.6 is 11.6 Å². The maximum Gasteiger partial charge on any atom is 0.335 e. The molecule has 1 unspecified atom stereocenters. The summed E-state index contributed by atoms with van der Waals surface area (Å²) in [5, 5.41) is 10.4. The number of halogens is 2. The van der Waals surface area contributed by atoms with Crippen LogP contribution < -0.4 is 0 Å². The molecule has 1 aliphatic heterocycles. The molecule has 0 aromatic heterocycles. The number of carboxylic acid groups (broad SMARTS) is 1. The molecule has 1 aliphatic carbocycles. The number of fused-ring (bicyclic) bond motifs is 1. The van der Waals surface area contributed by atoms with Crippen LogP contribution in [0.25, 0.3) is 11.1 Å². The standard InChI is InChI=1S/C33H35ClFNO2/c1-2-24-8-9-27-19-28(33(37)38)12-15-30(27)32(31(24)25-10-13-29(34)14-11-25)26-6-4-22(5-7-26)18-23-20-36(21-23)17-3-16-35/h4-7,10-15,19,23-24H,2-3,8-9,16-18,20-21H2,1H3,(H,37,38). The molecule has 0 spiro atoms. The molecule has 5 rings (SSSR count). The molecule has 1 heterocycles. The van der Waals surface area contributed by atoms with Gasteiger partial charge in [0.15, 0.2) is 0 Å². The van der Waals surface area contributed by atoms with E-state index in [9.17, 15) is 14.3 Å². The van der Waals surface area contributed by atoms with Crippen LogP contribution in [0.4, 0.5) is 4.39 Å². The van der Waals surface area contributed by atoms with Crippen molar-refractivity contribution in [2.75, 3.05) is 26.3 Å². The number of hydrogen-bond donors (Lipinski definition) is 1. The highest BCUT2D eigenvalue weighted by molar-refractivity contribution is 6.30. The lowest BCUT2D eigenvalue weighted by molar-refractivity contribution is 0.0696. The average molecular weight is 532 g/mol. The lowest BCUT2D eigenvalue weighted by atomic mass is 9.81. The van der Waals surface area contributed by atoms with Gasteiger partial charge in [-0.1, -0.05) is 61.0 Å². The molecule has 5 heteroatoms. The molecule has 0 bridgehead atoms. The van der Waals surface area contributed by atoms with Gasteiger partial charge >= 0.3 is 5.97 Å². The summed E-state index contributed by atoms with van der Waals surface area (Å²) in [5.41, 5.74) is 8.68. The highest BCUT2D eigenvalue weighted by atomic mass is 35.5. The van der Waals surface area contributed by atoms with Crippen LogP contribution in [0.2, 0.25) is 5.02 Å². The first-order valence-corrected chi connectivity index (χ1v) is 14.1. The molecule has 1 saturated heterocycles. The Bertz CT molecular complexity index is 1310. The third-order valence-corrected chi connectivity index (χ3v) is 8.37. The summed E-state index contributed by atoms with van der Waals surface area (Å²) < 4.78 is 12.5. The molecular weight excluding hydrogens is 497 g/mol. The first-order valence-electron chi connectivity index (χ1n) is 13.7. The summed E-state index contributed by atoms with van der Waals surface area (Å²) in [7, 11) is 0. The number of carbonyl (C=O) groups is 1. The summed E-state index contributed by atoms with van der Waals surface area (Å²) in [4.78, 5) is 14.1. The van der Waals surface area contributed by atoms with Crippen LogP contribution in [-0.4, -0.2) is 42.3 Å². The quantitative estimate of drug-likeness (QED) is 0.306. The van der Waals surface area contributed by atoms with Gasteiger partial charge in [-0.2, -0.15) is 0 Å². The maximum absolute atomic E-state index is 12.5. The summed E-state index contributed by atoms with van der Waals surface area (Å²) in [6.45, 7) is 4.94. The SMILES string of the molecule is CCC1CCc2cc(C(=O)O)ccc2C(c2ccc(CC3CN(CCCF)C3)cc2)=C1c1ccc(Cl)cc1. The second-order valence-corrected chi connectivity index (χ2v) is 11.1. The molecule has 3 nitrogen and oxygen atoms in total. The number of alkyl halides is 1. The fraction of sp³-hybridized carbons (Fsp3) is 0.364. The van der Waals surface area contributed by atoms with Gasteiger partial charge in [-0.15, -0.1) is 0 Å². The molecular formula is C33H35ClFNO2. The molecule has 2 aliphatic rings. The van der Waals surface area contributed by atoms with Gasteiger partial charge in [0.05, 0.1) is 12.2 Å². The van der Waals surface area contributed by atoms with Gasteiger partial charge in [-0.3, -0.25) is 4.39 Å². The third-order valence-electron chi connectivity index (χ3n) is 8.12. The Morgan fingerprint density at radius 3 is 2.39 bits per heavy atom. The van der Waals surface area contributed by atoms with Gasteiger partial charge in [0.1, 0.15) is 0 Å². The highest BCUT2D eigenvalue weighted by Gasteiger charge is 2.28. The van der Waals surface area contributed by atoms with Crippen molar-refractivity contribution in [2.24, 2.45) is 11.8 Å². The van der Waals surface area contributed by atoms with Crippen molar-refractivity contribution in [3.05, 3.63) is 105 Å². The van der Waals surface area contributed by atoms with Crippen molar-refractivity contribution in [3.63, 3.8) is 0 Å². The summed E-state index contributed by atoms with van der Waals surface area (Å²) in [5.74, 6) is 0.0785. The lowest BCUT2D eigenvalue weighted by Crippen LogP contribution is -2.47. The van der Waals surface area contributed by atoms with Crippen LogP contribution in [0.15, 0.2) is 66.7 Å². The van der Waals surface area contributed by atoms with Crippen molar-refractivity contribution in [2.45, 2.75) is 39.0 Å². The Morgan fingerprint density at radius 2 is 1.74 bits per heavy atom. The van der Waals surface area contributed by atoms with Crippen molar-refractivity contribution >= 4 is 28.7 Å². The molecule has 0 saturated carbocycles. The second kappa shape index (κ2) is 11.8. The number of nitrogens with zero attached hydrogens (tertiary/aromatic N) is 1. The van der Waals surface area contributed by atoms with Crippen molar-refractivity contribution in [1.82, 2.24) is 4.90 Å². The molecule has 1 fully saturated rings. The minimum Gasteiger partial charge on any atom is -0.478 e. The lowest BCUT2D eigenvalue weighted by Gasteiger charge is -2.39. The summed E-state index contributed by atoms with van der Waals surface area (Å²) in [6.07, 6.45) is 4.47. The number of aryl methyl sites for hydroxylation is 1. The normalized spacial score (nSPS) is 18.1. The van der Waals surface area contributed by atoms with E-state index in [4.69, 9.17) is 11.6 Å². The maximum atomic E-state index is 12.5. The van der Waals surface area contributed by atoms with Gasteiger partial charge in [0.2, 0.25) is 0 Å². The number of rotatable bonds is 9. The largest absolute Gasteiger partial charge is 0.478 e.